The molecule has 2 aromatic carbocycles. The molecule has 1 heterocycles. The van der Waals surface area contributed by atoms with E-state index in [9.17, 15) is 9.90 Å². The molecule has 162 valence electrons. The lowest BCUT2D eigenvalue weighted by molar-refractivity contribution is -0.118. The number of hydrogen-bond acceptors (Lipinski definition) is 7. The summed E-state index contributed by atoms with van der Waals surface area (Å²) in [6, 6.07) is 12.2. The number of thioether (sulfide) groups is 1. The maximum absolute atomic E-state index is 12.2. The lowest BCUT2D eigenvalue weighted by Gasteiger charge is -2.07. The molecular weight excluding hydrogens is 438 g/mol. The van der Waals surface area contributed by atoms with E-state index in [0.29, 0.717) is 34.6 Å². The average Bonchev–Trinajstić information content (AvgIpc) is 3.18. The molecule has 10 heteroatoms. The van der Waals surface area contributed by atoms with Crippen LogP contribution in [0.1, 0.15) is 19.4 Å². The normalized spacial score (nSPS) is 11.1. The van der Waals surface area contributed by atoms with Crippen molar-refractivity contribution in [1.82, 2.24) is 20.2 Å². The molecule has 0 spiro atoms. The minimum Gasteiger partial charge on any atom is -0.504 e. The molecule has 0 radical (unpaired) electrons. The van der Waals surface area contributed by atoms with Crippen molar-refractivity contribution in [3.8, 4) is 22.9 Å². The number of carbonyl (C=O) groups is 1. The minimum atomic E-state index is -0.274. The van der Waals surface area contributed by atoms with Crippen LogP contribution in [-0.4, -0.2) is 44.4 Å². The zero-order chi connectivity index (χ0) is 22.2. The number of rotatable bonds is 9. The Kier molecular flexibility index (Phi) is 7.91. The molecule has 0 saturated heterocycles. The van der Waals surface area contributed by atoms with E-state index in [-0.39, 0.29) is 17.4 Å². The predicted octanol–water partition coefficient (Wildman–Crippen LogP) is 3.97. The fraction of sp³-hybridized carbons (Fsp3) is 0.238. The molecule has 3 rings (SSSR count). The fourth-order valence-corrected chi connectivity index (χ4v) is 3.64. The Morgan fingerprint density at radius 3 is 2.74 bits per heavy atom. The number of phenolic OH excluding ortho intramolecular Hbond substituents is 1. The first-order valence-electron chi connectivity index (χ1n) is 9.61. The topological polar surface area (TPSA) is 102 Å². The number of hydrogen-bond donors (Lipinski definition) is 2. The van der Waals surface area contributed by atoms with Gasteiger partial charge in [-0.25, -0.2) is 5.43 Å². The molecular formula is C21H22ClN5O3S. The van der Waals surface area contributed by atoms with Crippen molar-refractivity contribution in [2.75, 3.05) is 12.4 Å². The van der Waals surface area contributed by atoms with Crippen LogP contribution in [0.5, 0.6) is 11.5 Å². The highest BCUT2D eigenvalue weighted by atomic mass is 35.5. The molecule has 8 nitrogen and oxygen atoms in total. The van der Waals surface area contributed by atoms with Gasteiger partial charge in [0.05, 0.1) is 18.6 Å². The van der Waals surface area contributed by atoms with Gasteiger partial charge >= 0.3 is 0 Å². The van der Waals surface area contributed by atoms with Crippen molar-refractivity contribution in [2.45, 2.75) is 25.5 Å². The van der Waals surface area contributed by atoms with Gasteiger partial charge < -0.3 is 14.4 Å². The predicted molar refractivity (Wildman–Crippen MR) is 122 cm³/mol. The number of carbonyl (C=O) groups excluding carboxylic acids is 1. The van der Waals surface area contributed by atoms with E-state index < -0.39 is 0 Å². The number of benzene rings is 2. The summed E-state index contributed by atoms with van der Waals surface area (Å²) in [5, 5.41) is 23.4. The smallest absolute Gasteiger partial charge is 0.250 e. The molecule has 0 unspecified atom stereocenters. The van der Waals surface area contributed by atoms with Gasteiger partial charge in [-0.3, -0.25) is 4.79 Å². The number of hydrazone groups is 1. The van der Waals surface area contributed by atoms with Gasteiger partial charge in [0.15, 0.2) is 22.5 Å². The van der Waals surface area contributed by atoms with Crippen LogP contribution in [0.4, 0.5) is 0 Å². The Hall–Kier alpha value is -3.04. The summed E-state index contributed by atoms with van der Waals surface area (Å²) in [4.78, 5) is 12.2. The molecule has 0 aliphatic carbocycles. The number of aromatic nitrogens is 3. The van der Waals surface area contributed by atoms with Crippen molar-refractivity contribution in [1.29, 1.82) is 0 Å². The number of nitrogens with zero attached hydrogens (tertiary/aromatic N) is 4. The SMILES string of the molecule is CCOc1cc(/C=N\NC(=O)CSc2nnc(-c3ccc(Cl)cc3)n2CC)ccc1O. The second-order valence-electron chi connectivity index (χ2n) is 6.30. The molecule has 31 heavy (non-hydrogen) atoms. The van der Waals surface area contributed by atoms with E-state index in [1.54, 1.807) is 24.3 Å². The monoisotopic (exact) mass is 459 g/mol. The largest absolute Gasteiger partial charge is 0.504 e. The van der Waals surface area contributed by atoms with Gasteiger partial charge in [-0.15, -0.1) is 10.2 Å². The van der Waals surface area contributed by atoms with Gasteiger partial charge in [0.25, 0.3) is 5.91 Å². The third-order valence-corrected chi connectivity index (χ3v) is 5.37. The summed E-state index contributed by atoms with van der Waals surface area (Å²) >= 11 is 7.23. The molecule has 0 bridgehead atoms. The Morgan fingerprint density at radius 2 is 2.03 bits per heavy atom. The van der Waals surface area contributed by atoms with Crippen LogP contribution in [0.25, 0.3) is 11.4 Å². The van der Waals surface area contributed by atoms with E-state index in [2.05, 4.69) is 20.7 Å². The van der Waals surface area contributed by atoms with E-state index >= 15 is 0 Å². The molecule has 0 aliphatic heterocycles. The van der Waals surface area contributed by atoms with Crippen molar-refractivity contribution in [3.05, 3.63) is 53.1 Å². The van der Waals surface area contributed by atoms with E-state index in [1.807, 2.05) is 30.5 Å². The second-order valence-corrected chi connectivity index (χ2v) is 7.68. The number of amides is 1. The molecule has 0 saturated carbocycles. The first-order chi connectivity index (χ1) is 15.0. The summed E-state index contributed by atoms with van der Waals surface area (Å²) in [5.74, 6) is 0.998. The van der Waals surface area contributed by atoms with Crippen LogP contribution in [0, 0.1) is 0 Å². The summed E-state index contributed by atoms with van der Waals surface area (Å²) in [6.45, 7) is 4.92. The summed E-state index contributed by atoms with van der Waals surface area (Å²) in [7, 11) is 0. The number of phenols is 1. The first kappa shape index (κ1) is 22.6. The quantitative estimate of drug-likeness (QED) is 0.285. The van der Waals surface area contributed by atoms with Crippen LogP contribution in [0.2, 0.25) is 5.02 Å². The van der Waals surface area contributed by atoms with Gasteiger partial charge in [-0.1, -0.05) is 23.4 Å². The molecule has 0 fully saturated rings. The Bertz CT molecular complexity index is 1070. The lowest BCUT2D eigenvalue weighted by atomic mass is 10.2. The fourth-order valence-electron chi connectivity index (χ4n) is 2.72. The summed E-state index contributed by atoms with van der Waals surface area (Å²) in [6.07, 6.45) is 1.48. The molecule has 1 aromatic heterocycles. The van der Waals surface area contributed by atoms with Gasteiger partial charge in [-0.2, -0.15) is 5.10 Å². The first-order valence-corrected chi connectivity index (χ1v) is 11.0. The number of nitrogens with one attached hydrogen (secondary N) is 1. The van der Waals surface area contributed by atoms with Crippen LogP contribution in [0.3, 0.4) is 0 Å². The summed E-state index contributed by atoms with van der Waals surface area (Å²) < 4.78 is 7.27. The van der Waals surface area contributed by atoms with E-state index in [4.69, 9.17) is 16.3 Å². The Labute approximate surface area is 189 Å². The third-order valence-electron chi connectivity index (χ3n) is 4.15. The van der Waals surface area contributed by atoms with Crippen LogP contribution in [0.15, 0.2) is 52.7 Å². The van der Waals surface area contributed by atoms with Crippen molar-refractivity contribution in [2.24, 2.45) is 5.10 Å². The Balaban J connectivity index is 1.58. The average molecular weight is 460 g/mol. The van der Waals surface area contributed by atoms with Crippen molar-refractivity contribution < 1.29 is 14.6 Å². The van der Waals surface area contributed by atoms with Gasteiger partial charge in [0.2, 0.25) is 0 Å². The number of ether oxygens (including phenoxy) is 1. The molecule has 3 aromatic rings. The van der Waals surface area contributed by atoms with E-state index in [0.717, 1.165) is 11.4 Å². The van der Waals surface area contributed by atoms with Gasteiger partial charge in [-0.05, 0) is 61.9 Å². The molecule has 0 aliphatic rings. The number of halogens is 1. The zero-order valence-electron chi connectivity index (χ0n) is 17.1. The highest BCUT2D eigenvalue weighted by Crippen LogP contribution is 2.26. The van der Waals surface area contributed by atoms with Crippen LogP contribution in [-0.2, 0) is 11.3 Å². The van der Waals surface area contributed by atoms with Gasteiger partial charge in [0, 0.05) is 17.1 Å². The van der Waals surface area contributed by atoms with Crippen molar-refractivity contribution >= 4 is 35.5 Å². The highest BCUT2D eigenvalue weighted by Gasteiger charge is 2.14. The standard InChI is InChI=1S/C21H22ClN5O3S/c1-3-27-20(15-6-8-16(22)9-7-15)25-26-21(27)31-13-19(29)24-23-12-14-5-10-17(28)18(11-14)30-4-2/h5-12,28H,3-4,13H2,1-2H3,(H,24,29)/b23-12-. The third kappa shape index (κ3) is 5.99. The molecule has 2 N–H and O–H groups in total. The number of aromatic hydroxyl groups is 1. The highest BCUT2D eigenvalue weighted by molar-refractivity contribution is 7.99. The second kappa shape index (κ2) is 10.8. The zero-order valence-corrected chi connectivity index (χ0v) is 18.7. The minimum absolute atomic E-state index is 0.0532. The van der Waals surface area contributed by atoms with Gasteiger partial charge in [0.1, 0.15) is 0 Å². The van der Waals surface area contributed by atoms with Crippen molar-refractivity contribution in [3.63, 3.8) is 0 Å². The van der Waals surface area contributed by atoms with E-state index in [1.165, 1.54) is 24.0 Å². The molecule has 1 amide bonds. The maximum atomic E-state index is 12.2. The maximum Gasteiger partial charge on any atom is 0.250 e. The molecule has 0 atom stereocenters. The van der Waals surface area contributed by atoms with Crippen LogP contribution >= 0.6 is 23.4 Å². The van der Waals surface area contributed by atoms with Crippen LogP contribution < -0.4 is 10.2 Å². The Morgan fingerprint density at radius 1 is 1.26 bits per heavy atom. The lowest BCUT2D eigenvalue weighted by Crippen LogP contribution is -2.20. The summed E-state index contributed by atoms with van der Waals surface area (Å²) in [5.41, 5.74) is 4.07.